The van der Waals surface area contributed by atoms with Gasteiger partial charge in [-0.2, -0.15) is 0 Å². The number of hydrogen-bond donors (Lipinski definition) is 1. The molecule has 2 N–H and O–H groups in total. The maximum atomic E-state index is 13.4. The van der Waals surface area contributed by atoms with Crippen LogP contribution >= 0.6 is 0 Å². The molecule has 0 aromatic heterocycles. The van der Waals surface area contributed by atoms with E-state index in [1.807, 2.05) is 11.0 Å². The highest BCUT2D eigenvalue weighted by molar-refractivity contribution is 5.86. The van der Waals surface area contributed by atoms with Crippen LogP contribution in [0.5, 0.6) is 0 Å². The zero-order chi connectivity index (χ0) is 14.0. The first kappa shape index (κ1) is 13.8. The molecule has 1 amide bonds. The molecule has 1 fully saturated rings. The predicted octanol–water partition coefficient (Wildman–Crippen LogP) is 1.07. The van der Waals surface area contributed by atoms with Crippen molar-refractivity contribution in [2.75, 3.05) is 31.6 Å². The van der Waals surface area contributed by atoms with Crippen LogP contribution in [0.1, 0.15) is 6.92 Å². The number of nitrogens with two attached hydrogens (primary N) is 1. The number of hydrogen-bond acceptors (Lipinski definition) is 3. The SMILES string of the molecule is CC1CN(C)C(=O)C(CN)N(c2cccc(F)c2)C1. The Morgan fingerprint density at radius 1 is 1.42 bits per heavy atom. The summed E-state index contributed by atoms with van der Waals surface area (Å²) in [4.78, 5) is 15.9. The van der Waals surface area contributed by atoms with Crippen LogP contribution in [0.15, 0.2) is 24.3 Å². The van der Waals surface area contributed by atoms with E-state index in [1.165, 1.54) is 12.1 Å². The fourth-order valence-corrected chi connectivity index (χ4v) is 2.63. The smallest absolute Gasteiger partial charge is 0.246 e. The van der Waals surface area contributed by atoms with Crippen LogP contribution in [0.25, 0.3) is 0 Å². The highest BCUT2D eigenvalue weighted by Crippen LogP contribution is 2.23. The number of carbonyl (C=O) groups excluding carboxylic acids is 1. The molecule has 4 nitrogen and oxygen atoms in total. The summed E-state index contributed by atoms with van der Waals surface area (Å²) in [5, 5.41) is 0. The zero-order valence-corrected chi connectivity index (χ0v) is 11.3. The number of nitrogens with zero attached hydrogens (tertiary/aromatic N) is 2. The molecule has 0 radical (unpaired) electrons. The Kier molecular flexibility index (Phi) is 4.04. The van der Waals surface area contributed by atoms with Gasteiger partial charge in [-0.25, -0.2) is 4.39 Å². The van der Waals surface area contributed by atoms with E-state index in [0.717, 1.165) is 0 Å². The second-order valence-electron chi connectivity index (χ2n) is 5.21. The number of benzene rings is 1. The lowest BCUT2D eigenvalue weighted by Crippen LogP contribution is -2.49. The fraction of sp³-hybridized carbons (Fsp3) is 0.500. The van der Waals surface area contributed by atoms with E-state index in [-0.39, 0.29) is 18.3 Å². The fourth-order valence-electron chi connectivity index (χ4n) is 2.63. The molecular formula is C14H20FN3O. The van der Waals surface area contributed by atoms with Crippen molar-refractivity contribution in [3.63, 3.8) is 0 Å². The van der Waals surface area contributed by atoms with E-state index in [4.69, 9.17) is 5.73 Å². The average molecular weight is 265 g/mol. The van der Waals surface area contributed by atoms with Crippen molar-refractivity contribution >= 4 is 11.6 Å². The summed E-state index contributed by atoms with van der Waals surface area (Å²) in [7, 11) is 1.79. The van der Waals surface area contributed by atoms with Crippen molar-refractivity contribution in [3.05, 3.63) is 30.1 Å². The molecule has 2 atom stereocenters. The van der Waals surface area contributed by atoms with Crippen molar-refractivity contribution in [1.29, 1.82) is 0 Å². The first-order valence-corrected chi connectivity index (χ1v) is 6.50. The van der Waals surface area contributed by atoms with Gasteiger partial charge in [-0.15, -0.1) is 0 Å². The Labute approximate surface area is 113 Å². The maximum Gasteiger partial charge on any atom is 0.246 e. The normalized spacial score (nSPS) is 24.5. The van der Waals surface area contributed by atoms with Crippen molar-refractivity contribution in [1.82, 2.24) is 4.90 Å². The average Bonchev–Trinajstić information content (AvgIpc) is 2.47. The van der Waals surface area contributed by atoms with Gasteiger partial charge < -0.3 is 15.5 Å². The first-order valence-electron chi connectivity index (χ1n) is 6.50. The Morgan fingerprint density at radius 3 is 2.79 bits per heavy atom. The van der Waals surface area contributed by atoms with E-state index in [0.29, 0.717) is 24.7 Å². The van der Waals surface area contributed by atoms with Gasteiger partial charge in [-0.1, -0.05) is 13.0 Å². The molecule has 1 saturated heterocycles. The van der Waals surface area contributed by atoms with Gasteiger partial charge in [0.25, 0.3) is 0 Å². The van der Waals surface area contributed by atoms with Crippen molar-refractivity contribution in [2.24, 2.45) is 11.7 Å². The van der Waals surface area contributed by atoms with Crippen LogP contribution in [-0.2, 0) is 4.79 Å². The monoisotopic (exact) mass is 265 g/mol. The summed E-state index contributed by atoms with van der Waals surface area (Å²) >= 11 is 0. The Morgan fingerprint density at radius 2 is 2.16 bits per heavy atom. The third-order valence-corrected chi connectivity index (χ3v) is 3.49. The van der Waals surface area contributed by atoms with E-state index in [9.17, 15) is 9.18 Å². The molecule has 1 aromatic carbocycles. The molecule has 104 valence electrons. The quantitative estimate of drug-likeness (QED) is 0.870. The molecule has 5 heteroatoms. The van der Waals surface area contributed by atoms with Crippen molar-refractivity contribution in [3.8, 4) is 0 Å². The summed E-state index contributed by atoms with van der Waals surface area (Å²) in [6.45, 7) is 3.70. The summed E-state index contributed by atoms with van der Waals surface area (Å²) in [6.07, 6.45) is 0. The molecule has 0 spiro atoms. The van der Waals surface area contributed by atoms with Gasteiger partial charge >= 0.3 is 0 Å². The first-order chi connectivity index (χ1) is 9.02. The van der Waals surface area contributed by atoms with Crippen LogP contribution < -0.4 is 10.6 Å². The Hall–Kier alpha value is -1.62. The molecular weight excluding hydrogens is 245 g/mol. The minimum atomic E-state index is -0.420. The lowest BCUT2D eigenvalue weighted by atomic mass is 10.1. The molecule has 2 rings (SSSR count). The second kappa shape index (κ2) is 5.57. The largest absolute Gasteiger partial charge is 0.358 e. The lowest BCUT2D eigenvalue weighted by Gasteiger charge is -2.31. The topological polar surface area (TPSA) is 49.6 Å². The second-order valence-corrected chi connectivity index (χ2v) is 5.21. The Bertz CT molecular complexity index is 466. The number of likely N-dealkylation sites (N-methyl/N-ethyl adjacent to an activating group) is 1. The predicted molar refractivity (Wildman–Crippen MR) is 73.4 cm³/mol. The maximum absolute atomic E-state index is 13.4. The van der Waals surface area contributed by atoms with Gasteiger partial charge in [0.2, 0.25) is 5.91 Å². The van der Waals surface area contributed by atoms with Crippen LogP contribution in [-0.4, -0.2) is 43.5 Å². The number of halogens is 1. The van der Waals surface area contributed by atoms with E-state index >= 15 is 0 Å². The van der Waals surface area contributed by atoms with E-state index in [2.05, 4.69) is 6.92 Å². The highest BCUT2D eigenvalue weighted by Gasteiger charge is 2.32. The lowest BCUT2D eigenvalue weighted by molar-refractivity contribution is -0.130. The van der Waals surface area contributed by atoms with Gasteiger partial charge in [-0.3, -0.25) is 4.79 Å². The molecule has 0 aliphatic carbocycles. The van der Waals surface area contributed by atoms with Gasteiger partial charge in [0.05, 0.1) is 0 Å². The van der Waals surface area contributed by atoms with Crippen LogP contribution in [0.2, 0.25) is 0 Å². The van der Waals surface area contributed by atoms with Crippen molar-refractivity contribution < 1.29 is 9.18 Å². The van der Waals surface area contributed by atoms with Crippen LogP contribution in [0, 0.1) is 11.7 Å². The molecule has 19 heavy (non-hydrogen) atoms. The summed E-state index contributed by atoms with van der Waals surface area (Å²) in [5.41, 5.74) is 6.47. The van der Waals surface area contributed by atoms with Gasteiger partial charge in [-0.05, 0) is 24.1 Å². The van der Waals surface area contributed by atoms with Crippen LogP contribution in [0.4, 0.5) is 10.1 Å². The van der Waals surface area contributed by atoms with E-state index in [1.54, 1.807) is 18.0 Å². The minimum absolute atomic E-state index is 0.00360. The molecule has 0 saturated carbocycles. The third kappa shape index (κ3) is 2.87. The third-order valence-electron chi connectivity index (χ3n) is 3.49. The minimum Gasteiger partial charge on any atom is -0.358 e. The summed E-state index contributed by atoms with van der Waals surface area (Å²) in [5.74, 6) is 0.0100. The Balaban J connectivity index is 2.37. The number of anilines is 1. The number of amides is 1. The molecule has 2 unspecified atom stereocenters. The zero-order valence-electron chi connectivity index (χ0n) is 11.3. The van der Waals surface area contributed by atoms with Crippen LogP contribution in [0.3, 0.4) is 0 Å². The highest BCUT2D eigenvalue weighted by atomic mass is 19.1. The molecule has 1 aliphatic heterocycles. The molecule has 0 bridgehead atoms. The summed E-state index contributed by atoms with van der Waals surface area (Å²) in [6, 6.07) is 5.90. The molecule has 1 aliphatic rings. The molecule has 1 heterocycles. The summed E-state index contributed by atoms with van der Waals surface area (Å²) < 4.78 is 13.4. The van der Waals surface area contributed by atoms with Gasteiger partial charge in [0.1, 0.15) is 11.9 Å². The van der Waals surface area contributed by atoms with Gasteiger partial charge in [0.15, 0.2) is 0 Å². The van der Waals surface area contributed by atoms with E-state index < -0.39 is 6.04 Å². The van der Waals surface area contributed by atoms with Gasteiger partial charge in [0, 0.05) is 32.4 Å². The van der Waals surface area contributed by atoms with Crippen molar-refractivity contribution in [2.45, 2.75) is 13.0 Å². The standard InChI is InChI=1S/C14H20FN3O/c1-10-8-17(2)14(19)13(7-16)18(9-10)12-5-3-4-11(15)6-12/h3-6,10,13H,7-9,16H2,1-2H3. The molecule has 1 aromatic rings. The number of rotatable bonds is 2. The number of carbonyl (C=O) groups is 1.